The number of anilines is 2. The van der Waals surface area contributed by atoms with Crippen LogP contribution in [0, 0.1) is 0 Å². The van der Waals surface area contributed by atoms with Crippen LogP contribution < -0.4 is 15.5 Å². The van der Waals surface area contributed by atoms with E-state index in [1.165, 1.54) is 36.2 Å². The Morgan fingerprint density at radius 1 is 0.508 bits per heavy atom. The Morgan fingerprint density at radius 3 is 1.20 bits per heavy atom. The lowest BCUT2D eigenvalue weighted by atomic mass is 10.1. The van der Waals surface area contributed by atoms with Crippen molar-refractivity contribution in [1.29, 1.82) is 0 Å². The minimum atomic E-state index is -5.25. The van der Waals surface area contributed by atoms with Gasteiger partial charge in [-0.05, 0) is 71.4 Å². The summed E-state index contributed by atoms with van der Waals surface area (Å²) in [5.41, 5.74) is -2.03. The molecule has 6 aromatic carbocycles. The molecular weight excluding hydrogens is 914 g/mol. The van der Waals surface area contributed by atoms with Gasteiger partial charge in [-0.3, -0.25) is 22.8 Å². The molecule has 0 amide bonds. The molecule has 1 heterocycles. The summed E-state index contributed by atoms with van der Waals surface area (Å²) in [6.07, 6.45) is 0. The summed E-state index contributed by atoms with van der Waals surface area (Å²) in [4.78, 5) is 9.06. The van der Waals surface area contributed by atoms with Gasteiger partial charge in [-0.2, -0.15) is 43.9 Å². The molecule has 0 radical (unpaired) electrons. The average molecular weight is 938 g/mol. The summed E-state index contributed by atoms with van der Waals surface area (Å²) >= 11 is 0. The van der Waals surface area contributed by atoms with E-state index in [0.29, 0.717) is 36.4 Å². The first-order chi connectivity index (χ1) is 28.1. The van der Waals surface area contributed by atoms with Crippen molar-refractivity contribution in [1.82, 2.24) is 0 Å². The summed E-state index contributed by atoms with van der Waals surface area (Å²) in [6, 6.07) is 11.1. The SMILES string of the molecule is CN1c2ccc(N=Nc3c(S(=O)(=O)O)cc4cc(S(=O)(=O)O)cc(O)c4c3O)cc2P(=O)(O)c2cc(N=Nc3c(S(=O)(=O)O)cc4cc(S(=O)(=O)O)cc(O)c4c3O)ccc21. The third kappa shape index (κ3) is 7.63. The zero-order chi connectivity index (χ0) is 44.9. The Labute approximate surface area is 342 Å². The van der Waals surface area contributed by atoms with E-state index in [9.17, 15) is 81.8 Å². The topological polar surface area (TPSA) is 388 Å². The molecule has 0 saturated heterocycles. The van der Waals surface area contributed by atoms with Gasteiger partial charge < -0.3 is 30.2 Å². The predicted octanol–water partition coefficient (Wildman–Crippen LogP) is 4.94. The van der Waals surface area contributed by atoms with Gasteiger partial charge in [0.05, 0.1) is 53.9 Å². The fourth-order valence-corrected chi connectivity index (χ4v) is 10.8. The lowest BCUT2D eigenvalue weighted by molar-refractivity contribution is 0.457. The van der Waals surface area contributed by atoms with Crippen molar-refractivity contribution in [2.24, 2.45) is 20.5 Å². The number of rotatable bonds is 8. The van der Waals surface area contributed by atoms with Gasteiger partial charge in [0, 0.05) is 19.2 Å². The molecule has 7 rings (SSSR count). The second-order valence-electron chi connectivity index (χ2n) is 13.0. The Hall–Kier alpha value is -6.13. The highest BCUT2D eigenvalue weighted by Gasteiger charge is 2.38. The molecule has 0 fully saturated rings. The zero-order valence-corrected chi connectivity index (χ0v) is 34.1. The van der Waals surface area contributed by atoms with Crippen molar-refractivity contribution >= 4 is 114 Å². The molecule has 23 nitrogen and oxygen atoms in total. The zero-order valence-electron chi connectivity index (χ0n) is 29.9. The number of benzene rings is 6. The van der Waals surface area contributed by atoms with Crippen molar-refractivity contribution in [3.8, 4) is 23.0 Å². The Kier molecular flexibility index (Phi) is 10.0. The first-order valence-corrected chi connectivity index (χ1v) is 23.7. The van der Waals surface area contributed by atoms with Gasteiger partial charge in [-0.15, -0.1) is 10.2 Å². The number of nitrogens with zero attached hydrogens (tertiary/aromatic N) is 5. The second-order valence-corrected chi connectivity index (χ2v) is 20.7. The van der Waals surface area contributed by atoms with E-state index >= 15 is 0 Å². The van der Waals surface area contributed by atoms with Crippen molar-refractivity contribution in [3.05, 3.63) is 72.8 Å². The van der Waals surface area contributed by atoms with E-state index in [0.717, 1.165) is 12.1 Å². The molecule has 0 atom stereocenters. The first kappa shape index (κ1) is 43.0. The molecule has 318 valence electrons. The average Bonchev–Trinajstić information content (AvgIpc) is 3.14. The van der Waals surface area contributed by atoms with Crippen LogP contribution in [0.25, 0.3) is 21.5 Å². The molecule has 0 aromatic heterocycles. The number of hydrogen-bond donors (Lipinski definition) is 9. The Morgan fingerprint density at radius 2 is 0.869 bits per heavy atom. The van der Waals surface area contributed by atoms with Gasteiger partial charge in [0.25, 0.3) is 47.8 Å². The van der Waals surface area contributed by atoms with E-state index in [1.807, 2.05) is 0 Å². The first-order valence-electron chi connectivity index (χ1n) is 16.2. The molecule has 61 heavy (non-hydrogen) atoms. The lowest BCUT2D eigenvalue weighted by Gasteiger charge is -2.32. The van der Waals surface area contributed by atoms with E-state index in [-0.39, 0.29) is 33.4 Å². The second kappa shape index (κ2) is 14.2. The highest BCUT2D eigenvalue weighted by atomic mass is 32.2. The normalized spacial score (nSPS) is 16.1. The van der Waals surface area contributed by atoms with Crippen molar-refractivity contribution < 1.29 is 81.8 Å². The molecule has 0 bridgehead atoms. The van der Waals surface area contributed by atoms with Crippen LogP contribution in [0.15, 0.2) is 113 Å². The van der Waals surface area contributed by atoms with Gasteiger partial charge in [0.15, 0.2) is 11.5 Å². The summed E-state index contributed by atoms with van der Waals surface area (Å²) in [5, 5.41) is 55.4. The smallest absolute Gasteiger partial charge is 0.296 e. The van der Waals surface area contributed by atoms with Gasteiger partial charge >= 0.3 is 0 Å². The number of aromatic hydroxyl groups is 4. The van der Waals surface area contributed by atoms with Crippen LogP contribution in [0.3, 0.4) is 0 Å². The van der Waals surface area contributed by atoms with E-state index in [2.05, 4.69) is 20.5 Å². The Balaban J connectivity index is 1.29. The molecule has 0 saturated carbocycles. The molecule has 0 unspecified atom stereocenters. The van der Waals surface area contributed by atoms with Gasteiger partial charge in [0.1, 0.15) is 32.7 Å². The molecular formula is C33H24N5O18PS4. The molecule has 1 aliphatic rings. The fourth-order valence-electron chi connectivity index (χ4n) is 6.44. The third-order valence-corrected chi connectivity index (χ3v) is 14.6. The number of phenolic OH excluding ortho intramolecular Hbond substituents is 4. The van der Waals surface area contributed by atoms with Crippen molar-refractivity contribution in [2.45, 2.75) is 19.6 Å². The minimum absolute atomic E-state index is 0.161. The number of azo groups is 2. The predicted molar refractivity (Wildman–Crippen MR) is 212 cm³/mol. The molecule has 6 aromatic rings. The Bertz CT molecular complexity index is 3320. The number of phenols is 4. The maximum atomic E-state index is 14.2. The molecule has 0 aliphatic carbocycles. The van der Waals surface area contributed by atoms with Crippen molar-refractivity contribution in [2.75, 3.05) is 11.9 Å². The number of fused-ring (bicyclic) bond motifs is 4. The van der Waals surface area contributed by atoms with Gasteiger partial charge in [0.2, 0.25) is 0 Å². The largest absolute Gasteiger partial charge is 0.507 e. The lowest BCUT2D eigenvalue weighted by Crippen LogP contribution is -2.32. The van der Waals surface area contributed by atoms with Crippen LogP contribution in [0.2, 0.25) is 0 Å². The highest BCUT2D eigenvalue weighted by Crippen LogP contribution is 2.52. The minimum Gasteiger partial charge on any atom is -0.507 e. The maximum absolute atomic E-state index is 14.2. The summed E-state index contributed by atoms with van der Waals surface area (Å²) in [6.45, 7) is 0. The van der Waals surface area contributed by atoms with Crippen LogP contribution in [-0.2, 0) is 45.0 Å². The third-order valence-electron chi connectivity index (χ3n) is 9.18. The van der Waals surface area contributed by atoms with E-state index < -0.39 is 123 Å². The van der Waals surface area contributed by atoms with Crippen molar-refractivity contribution in [3.63, 3.8) is 0 Å². The van der Waals surface area contributed by atoms with Crippen LogP contribution in [0.5, 0.6) is 23.0 Å². The number of hydrogen-bond acceptors (Lipinski definition) is 18. The monoisotopic (exact) mass is 937 g/mol. The molecule has 0 spiro atoms. The summed E-state index contributed by atoms with van der Waals surface area (Å²) in [5.74, 6) is -4.09. The fraction of sp³-hybridized carbons (Fsp3) is 0.0303. The molecule has 1 aliphatic heterocycles. The summed E-state index contributed by atoms with van der Waals surface area (Å²) in [7, 11) is -23.5. The van der Waals surface area contributed by atoms with Gasteiger partial charge in [-0.1, -0.05) is 0 Å². The molecule has 9 N–H and O–H groups in total. The molecule has 28 heteroatoms. The van der Waals surface area contributed by atoms with Crippen LogP contribution in [0.4, 0.5) is 34.1 Å². The van der Waals surface area contributed by atoms with Crippen LogP contribution in [-0.4, -0.2) is 84.2 Å². The van der Waals surface area contributed by atoms with Crippen LogP contribution >= 0.6 is 7.37 Å². The van der Waals surface area contributed by atoms with E-state index in [1.54, 1.807) is 0 Å². The van der Waals surface area contributed by atoms with E-state index in [4.69, 9.17) is 0 Å². The summed E-state index contributed by atoms with van der Waals surface area (Å²) < 4.78 is 149. The standard InChI is InChI=1S/C33H24N5O18PS4/c1-38-20-4-2-16(34-36-30-26(60(51,52)53)8-14-6-18(58(45,46)47)12-22(39)28(14)32(30)41)10-24(20)57(43,44)25-11-17(3-5-21(25)38)35-37-31-27(61(54,55)56)9-15-7-19(59(48,49)50)13-23(40)29(15)33(31)42/h2-13,39-42H,1H3,(H,43,44)(H,45,46,47)(H,48,49,50)(H,51,52,53)(H,54,55,56). The maximum Gasteiger partial charge on any atom is 0.296 e. The quantitative estimate of drug-likeness (QED) is 0.0554. The van der Waals surface area contributed by atoms with Gasteiger partial charge in [-0.25, -0.2) is 0 Å². The van der Waals surface area contributed by atoms with Crippen LogP contribution in [0.1, 0.15) is 0 Å². The highest BCUT2D eigenvalue weighted by molar-refractivity contribution is 7.86.